The van der Waals surface area contributed by atoms with Gasteiger partial charge in [0.15, 0.2) is 0 Å². The lowest BCUT2D eigenvalue weighted by atomic mass is 10.1. The maximum absolute atomic E-state index is 12.6. The zero-order valence-electron chi connectivity index (χ0n) is 12.7. The van der Waals surface area contributed by atoms with Crippen LogP contribution in [0.2, 0.25) is 0 Å². The molecule has 0 atom stereocenters. The van der Waals surface area contributed by atoms with E-state index in [1.54, 1.807) is 10.9 Å². The van der Waals surface area contributed by atoms with E-state index in [1.165, 1.54) is 12.1 Å². The van der Waals surface area contributed by atoms with E-state index in [1.807, 2.05) is 26.0 Å². The Balaban J connectivity index is 1.83. The van der Waals surface area contributed by atoms with Gasteiger partial charge in [-0.25, -0.2) is 0 Å². The normalized spacial score (nSPS) is 11.9. The molecule has 120 valence electrons. The fourth-order valence-corrected chi connectivity index (χ4v) is 2.45. The van der Waals surface area contributed by atoms with Crippen LogP contribution >= 0.6 is 0 Å². The van der Waals surface area contributed by atoms with Crippen molar-refractivity contribution in [2.45, 2.75) is 26.6 Å². The standard InChI is InChI=1S/C17H15F3N2O/c1-11-12(2)22(15-4-3-9-21-16(11)15)23-10-13-5-7-14(8-6-13)17(18,19)20/h3-9H,10H2,1-2H3. The third-order valence-electron chi connectivity index (χ3n) is 3.85. The number of rotatable bonds is 3. The lowest BCUT2D eigenvalue weighted by molar-refractivity contribution is -0.137. The lowest BCUT2D eigenvalue weighted by Crippen LogP contribution is -2.13. The third-order valence-corrected chi connectivity index (χ3v) is 3.85. The molecule has 0 aliphatic rings. The summed E-state index contributed by atoms with van der Waals surface area (Å²) in [7, 11) is 0. The smallest absolute Gasteiger partial charge is 0.409 e. The molecule has 23 heavy (non-hydrogen) atoms. The Bertz CT molecular complexity index is 835. The zero-order valence-corrected chi connectivity index (χ0v) is 12.7. The predicted octanol–water partition coefficient (Wildman–Crippen LogP) is 4.30. The fraction of sp³-hybridized carbons (Fsp3) is 0.235. The van der Waals surface area contributed by atoms with Gasteiger partial charge in [0.1, 0.15) is 12.1 Å². The van der Waals surface area contributed by atoms with Gasteiger partial charge >= 0.3 is 6.18 Å². The number of halogens is 3. The lowest BCUT2D eigenvalue weighted by Gasteiger charge is -2.11. The van der Waals surface area contributed by atoms with E-state index in [-0.39, 0.29) is 6.61 Å². The van der Waals surface area contributed by atoms with Crippen molar-refractivity contribution in [2.75, 3.05) is 0 Å². The number of hydrogen-bond acceptors (Lipinski definition) is 2. The first-order valence-corrected chi connectivity index (χ1v) is 7.10. The molecule has 0 N–H and O–H groups in total. The summed E-state index contributed by atoms with van der Waals surface area (Å²) in [6.45, 7) is 4.06. The molecule has 0 aliphatic carbocycles. The number of fused-ring (bicyclic) bond motifs is 1. The van der Waals surface area contributed by atoms with Crippen molar-refractivity contribution in [3.05, 3.63) is 65.0 Å². The molecule has 1 aromatic carbocycles. The van der Waals surface area contributed by atoms with Crippen LogP contribution in [0.1, 0.15) is 22.4 Å². The molecule has 3 rings (SSSR count). The SMILES string of the molecule is Cc1c(C)n(OCc2ccc(C(F)(F)F)cc2)c2cccnc12. The highest BCUT2D eigenvalue weighted by Crippen LogP contribution is 2.29. The summed E-state index contributed by atoms with van der Waals surface area (Å²) in [5, 5.41) is 0. The van der Waals surface area contributed by atoms with Crippen LogP contribution in [0, 0.1) is 13.8 Å². The van der Waals surface area contributed by atoms with Crippen LogP contribution < -0.4 is 4.84 Å². The molecular formula is C17H15F3N2O. The number of alkyl halides is 3. The highest BCUT2D eigenvalue weighted by atomic mass is 19.4. The van der Waals surface area contributed by atoms with Crippen LogP contribution in [0.5, 0.6) is 0 Å². The maximum atomic E-state index is 12.6. The van der Waals surface area contributed by atoms with E-state index < -0.39 is 11.7 Å². The summed E-state index contributed by atoms with van der Waals surface area (Å²) in [4.78, 5) is 10.1. The second-order valence-corrected chi connectivity index (χ2v) is 5.34. The van der Waals surface area contributed by atoms with Crippen LogP contribution in [-0.2, 0) is 12.8 Å². The number of aromatic nitrogens is 2. The van der Waals surface area contributed by atoms with Gasteiger partial charge in [-0.2, -0.15) is 17.9 Å². The van der Waals surface area contributed by atoms with Crippen LogP contribution in [0.3, 0.4) is 0 Å². The molecule has 0 fully saturated rings. The number of aryl methyl sites for hydroxylation is 1. The van der Waals surface area contributed by atoms with Gasteiger partial charge in [0.25, 0.3) is 0 Å². The molecule has 0 bridgehead atoms. The van der Waals surface area contributed by atoms with E-state index in [2.05, 4.69) is 4.98 Å². The largest absolute Gasteiger partial charge is 0.416 e. The summed E-state index contributed by atoms with van der Waals surface area (Å²) >= 11 is 0. The van der Waals surface area contributed by atoms with Crippen LogP contribution in [0.4, 0.5) is 13.2 Å². The van der Waals surface area contributed by atoms with Crippen molar-refractivity contribution in [3.63, 3.8) is 0 Å². The number of nitrogens with zero attached hydrogens (tertiary/aromatic N) is 2. The zero-order chi connectivity index (χ0) is 16.6. The Morgan fingerprint density at radius 3 is 2.43 bits per heavy atom. The topological polar surface area (TPSA) is 27.1 Å². The average molecular weight is 320 g/mol. The fourth-order valence-electron chi connectivity index (χ4n) is 2.45. The molecule has 0 saturated heterocycles. The van der Waals surface area contributed by atoms with Crippen LogP contribution in [0.15, 0.2) is 42.6 Å². The molecule has 3 aromatic rings. The molecule has 0 saturated carbocycles. The third kappa shape index (κ3) is 2.88. The molecule has 0 radical (unpaired) electrons. The van der Waals surface area contributed by atoms with E-state index in [0.717, 1.165) is 34.4 Å². The molecule has 6 heteroatoms. The molecule has 2 heterocycles. The van der Waals surface area contributed by atoms with Gasteiger partial charge < -0.3 is 4.84 Å². The summed E-state index contributed by atoms with van der Waals surface area (Å²) in [5.74, 6) is 0. The minimum atomic E-state index is -4.32. The summed E-state index contributed by atoms with van der Waals surface area (Å²) in [6, 6.07) is 8.69. The summed E-state index contributed by atoms with van der Waals surface area (Å²) in [5.41, 5.74) is 3.65. The monoisotopic (exact) mass is 320 g/mol. The van der Waals surface area contributed by atoms with Crippen molar-refractivity contribution in [1.82, 2.24) is 9.71 Å². The molecular weight excluding hydrogens is 305 g/mol. The van der Waals surface area contributed by atoms with Crippen LogP contribution in [0.25, 0.3) is 11.0 Å². The molecule has 0 aliphatic heterocycles. The van der Waals surface area contributed by atoms with E-state index >= 15 is 0 Å². The molecule has 3 nitrogen and oxygen atoms in total. The van der Waals surface area contributed by atoms with Gasteiger partial charge in [-0.1, -0.05) is 12.1 Å². The Labute approximate surface area is 131 Å². The van der Waals surface area contributed by atoms with Gasteiger partial charge in [-0.05, 0) is 49.2 Å². The van der Waals surface area contributed by atoms with Crippen molar-refractivity contribution >= 4 is 11.0 Å². The van der Waals surface area contributed by atoms with Gasteiger partial charge in [0.05, 0.1) is 16.8 Å². The number of pyridine rings is 1. The van der Waals surface area contributed by atoms with E-state index in [4.69, 9.17) is 4.84 Å². The van der Waals surface area contributed by atoms with Gasteiger partial charge in [0.2, 0.25) is 0 Å². The highest BCUT2D eigenvalue weighted by molar-refractivity contribution is 5.80. The molecule has 0 unspecified atom stereocenters. The Hall–Kier alpha value is -2.50. The first kappa shape index (κ1) is 15.4. The Morgan fingerprint density at radius 2 is 1.78 bits per heavy atom. The Morgan fingerprint density at radius 1 is 1.09 bits per heavy atom. The molecule has 0 amide bonds. The van der Waals surface area contributed by atoms with E-state index in [9.17, 15) is 13.2 Å². The second-order valence-electron chi connectivity index (χ2n) is 5.34. The quantitative estimate of drug-likeness (QED) is 0.719. The first-order valence-electron chi connectivity index (χ1n) is 7.10. The molecule has 2 aromatic heterocycles. The number of benzene rings is 1. The van der Waals surface area contributed by atoms with Crippen LogP contribution in [-0.4, -0.2) is 9.71 Å². The highest BCUT2D eigenvalue weighted by Gasteiger charge is 2.29. The van der Waals surface area contributed by atoms with Crippen molar-refractivity contribution < 1.29 is 18.0 Å². The van der Waals surface area contributed by atoms with Gasteiger partial charge in [-0.15, -0.1) is 0 Å². The first-order chi connectivity index (χ1) is 10.9. The minimum absolute atomic E-state index is 0.178. The maximum Gasteiger partial charge on any atom is 0.416 e. The average Bonchev–Trinajstić information content (AvgIpc) is 2.77. The van der Waals surface area contributed by atoms with Crippen molar-refractivity contribution in [3.8, 4) is 0 Å². The minimum Gasteiger partial charge on any atom is -0.409 e. The van der Waals surface area contributed by atoms with Crippen molar-refractivity contribution in [1.29, 1.82) is 0 Å². The predicted molar refractivity (Wildman–Crippen MR) is 80.9 cm³/mol. The molecule has 0 spiro atoms. The Kier molecular flexibility index (Phi) is 3.75. The summed E-state index contributed by atoms with van der Waals surface area (Å²) < 4.78 is 39.4. The summed E-state index contributed by atoms with van der Waals surface area (Å²) in [6.07, 6.45) is -2.61. The van der Waals surface area contributed by atoms with E-state index in [0.29, 0.717) is 5.56 Å². The van der Waals surface area contributed by atoms with Crippen molar-refractivity contribution in [2.24, 2.45) is 0 Å². The number of hydrogen-bond donors (Lipinski definition) is 0. The second kappa shape index (κ2) is 5.61. The van der Waals surface area contributed by atoms with Gasteiger partial charge in [0, 0.05) is 6.20 Å². The van der Waals surface area contributed by atoms with Gasteiger partial charge in [-0.3, -0.25) is 4.98 Å².